The van der Waals surface area contributed by atoms with Crippen LogP contribution in [-0.4, -0.2) is 74.5 Å². The molecule has 1 atom stereocenters. The third-order valence-corrected chi connectivity index (χ3v) is 6.32. The largest absolute Gasteiger partial charge is 0.354 e. The molecule has 2 fully saturated rings. The summed E-state index contributed by atoms with van der Waals surface area (Å²) < 4.78 is 1.78. The van der Waals surface area contributed by atoms with Crippen LogP contribution in [0.15, 0.2) is 30.7 Å². The van der Waals surface area contributed by atoms with Gasteiger partial charge in [0.15, 0.2) is 0 Å². The van der Waals surface area contributed by atoms with Crippen molar-refractivity contribution >= 4 is 5.91 Å². The highest BCUT2D eigenvalue weighted by molar-refractivity contribution is 5.78. The predicted octanol–water partition coefficient (Wildman–Crippen LogP) is 1.47. The predicted molar refractivity (Wildman–Crippen MR) is 115 cm³/mol. The maximum absolute atomic E-state index is 12.7. The summed E-state index contributed by atoms with van der Waals surface area (Å²) in [6.45, 7) is 8.41. The Balaban J connectivity index is 1.19. The SMILES string of the molecule is Cc1cn(CCNC(=O)[C@H]2CCCN(C3CCN(Cc4cccnc4)CC3)C2)nn1. The van der Waals surface area contributed by atoms with Gasteiger partial charge >= 0.3 is 0 Å². The Morgan fingerprint density at radius 1 is 1.23 bits per heavy atom. The number of aromatic nitrogens is 4. The lowest BCUT2D eigenvalue weighted by Gasteiger charge is -2.42. The Morgan fingerprint density at radius 2 is 2.10 bits per heavy atom. The Bertz CT molecular complexity index is 801. The maximum atomic E-state index is 12.7. The number of likely N-dealkylation sites (tertiary alicyclic amines) is 2. The van der Waals surface area contributed by atoms with Crippen molar-refractivity contribution < 1.29 is 4.79 Å². The number of aryl methyl sites for hydroxylation is 1. The lowest BCUT2D eigenvalue weighted by Crippen LogP contribution is -2.50. The van der Waals surface area contributed by atoms with Gasteiger partial charge in [-0.1, -0.05) is 11.3 Å². The standard InChI is InChI=1S/C22H33N7O/c1-18-15-29(26-25-18)13-9-24-22(30)20-5-3-10-28(17-20)21-6-11-27(12-7-21)16-19-4-2-8-23-14-19/h2,4,8,14-15,20-21H,3,5-7,9-13,16-17H2,1H3,(H,24,30)/t20-/m0/s1. The lowest BCUT2D eigenvalue weighted by atomic mass is 9.93. The molecule has 2 aromatic rings. The van der Waals surface area contributed by atoms with Crippen molar-refractivity contribution in [3.63, 3.8) is 0 Å². The summed E-state index contributed by atoms with van der Waals surface area (Å²) >= 11 is 0. The van der Waals surface area contributed by atoms with Crippen molar-refractivity contribution in [2.24, 2.45) is 5.92 Å². The van der Waals surface area contributed by atoms with Gasteiger partial charge in [0.2, 0.25) is 5.91 Å². The number of amides is 1. The summed E-state index contributed by atoms with van der Waals surface area (Å²) in [5.41, 5.74) is 2.18. The van der Waals surface area contributed by atoms with Crippen molar-refractivity contribution in [2.45, 2.75) is 51.7 Å². The van der Waals surface area contributed by atoms with Crippen molar-refractivity contribution in [2.75, 3.05) is 32.7 Å². The molecule has 2 aromatic heterocycles. The average Bonchev–Trinajstić information content (AvgIpc) is 3.20. The van der Waals surface area contributed by atoms with Gasteiger partial charge in [0.25, 0.3) is 0 Å². The first-order chi connectivity index (χ1) is 14.7. The molecule has 8 nitrogen and oxygen atoms in total. The molecule has 1 amide bonds. The van der Waals surface area contributed by atoms with E-state index in [1.165, 1.54) is 18.4 Å². The number of piperidine rings is 2. The summed E-state index contributed by atoms with van der Waals surface area (Å²) in [6, 6.07) is 4.76. The molecule has 0 aromatic carbocycles. The van der Waals surface area contributed by atoms with Gasteiger partial charge in [0.05, 0.1) is 18.2 Å². The maximum Gasteiger partial charge on any atom is 0.224 e. The summed E-state index contributed by atoms with van der Waals surface area (Å²) in [5.74, 6) is 0.287. The second-order valence-electron chi connectivity index (χ2n) is 8.62. The van der Waals surface area contributed by atoms with Gasteiger partial charge in [0.1, 0.15) is 0 Å². The molecule has 2 aliphatic rings. The molecule has 0 spiro atoms. The van der Waals surface area contributed by atoms with Crippen LogP contribution in [0.2, 0.25) is 0 Å². The zero-order valence-electron chi connectivity index (χ0n) is 17.9. The molecular weight excluding hydrogens is 378 g/mol. The van der Waals surface area contributed by atoms with Gasteiger partial charge in [-0.15, -0.1) is 5.10 Å². The summed E-state index contributed by atoms with van der Waals surface area (Å²) in [4.78, 5) is 22.0. The zero-order valence-corrected chi connectivity index (χ0v) is 17.9. The molecule has 0 unspecified atom stereocenters. The van der Waals surface area contributed by atoms with Crippen molar-refractivity contribution in [3.05, 3.63) is 42.0 Å². The number of carbonyl (C=O) groups is 1. The van der Waals surface area contributed by atoms with Gasteiger partial charge in [-0.3, -0.25) is 24.3 Å². The molecule has 0 saturated carbocycles. The molecule has 8 heteroatoms. The van der Waals surface area contributed by atoms with Gasteiger partial charge in [-0.05, 0) is 63.9 Å². The normalized spacial score (nSPS) is 21.6. The van der Waals surface area contributed by atoms with E-state index in [9.17, 15) is 4.79 Å². The first-order valence-corrected chi connectivity index (χ1v) is 11.2. The lowest BCUT2D eigenvalue weighted by molar-refractivity contribution is -0.127. The number of hydrogen-bond donors (Lipinski definition) is 1. The van der Waals surface area contributed by atoms with Crippen molar-refractivity contribution in [3.8, 4) is 0 Å². The van der Waals surface area contributed by atoms with Crippen LogP contribution in [0.4, 0.5) is 0 Å². The van der Waals surface area contributed by atoms with Gasteiger partial charge in [-0.2, -0.15) is 0 Å². The monoisotopic (exact) mass is 411 g/mol. The van der Waals surface area contributed by atoms with Crippen molar-refractivity contribution in [1.29, 1.82) is 0 Å². The number of carbonyl (C=O) groups excluding carboxylic acids is 1. The van der Waals surface area contributed by atoms with E-state index in [4.69, 9.17) is 0 Å². The van der Waals surface area contributed by atoms with E-state index in [0.717, 1.165) is 51.3 Å². The second-order valence-corrected chi connectivity index (χ2v) is 8.62. The summed E-state index contributed by atoms with van der Waals surface area (Å²) in [7, 11) is 0. The molecule has 1 N–H and O–H groups in total. The van der Waals surface area contributed by atoms with Crippen LogP contribution in [0, 0.1) is 12.8 Å². The average molecular weight is 412 g/mol. The first kappa shape index (κ1) is 20.9. The highest BCUT2D eigenvalue weighted by Gasteiger charge is 2.31. The molecular formula is C22H33N7O. The molecule has 0 aliphatic carbocycles. The van der Waals surface area contributed by atoms with E-state index in [-0.39, 0.29) is 11.8 Å². The van der Waals surface area contributed by atoms with Crippen molar-refractivity contribution in [1.82, 2.24) is 35.1 Å². The number of pyridine rings is 1. The van der Waals surface area contributed by atoms with Gasteiger partial charge < -0.3 is 5.32 Å². The Labute approximate surface area is 178 Å². The molecule has 4 rings (SSSR count). The highest BCUT2D eigenvalue weighted by atomic mass is 16.1. The Kier molecular flexibility index (Phi) is 7.07. The minimum Gasteiger partial charge on any atom is -0.354 e. The van der Waals surface area contributed by atoms with E-state index < -0.39 is 0 Å². The molecule has 4 heterocycles. The van der Waals surface area contributed by atoms with Crippen LogP contribution in [0.25, 0.3) is 0 Å². The van der Waals surface area contributed by atoms with E-state index in [1.54, 1.807) is 4.68 Å². The Morgan fingerprint density at radius 3 is 2.83 bits per heavy atom. The van der Waals surface area contributed by atoms with E-state index >= 15 is 0 Å². The third-order valence-electron chi connectivity index (χ3n) is 6.32. The van der Waals surface area contributed by atoms with E-state index in [0.29, 0.717) is 19.1 Å². The second kappa shape index (κ2) is 10.1. The number of hydrogen-bond acceptors (Lipinski definition) is 6. The van der Waals surface area contributed by atoms with Crippen LogP contribution < -0.4 is 5.32 Å². The summed E-state index contributed by atoms with van der Waals surface area (Å²) in [5, 5.41) is 11.1. The van der Waals surface area contributed by atoms with Gasteiger partial charge in [-0.25, -0.2) is 0 Å². The summed E-state index contributed by atoms with van der Waals surface area (Å²) in [6.07, 6.45) is 10.1. The molecule has 30 heavy (non-hydrogen) atoms. The molecule has 162 valence electrons. The van der Waals surface area contributed by atoms with E-state index in [1.807, 2.05) is 31.6 Å². The molecule has 2 saturated heterocycles. The smallest absolute Gasteiger partial charge is 0.224 e. The van der Waals surface area contributed by atoms with Crippen LogP contribution in [0.3, 0.4) is 0 Å². The number of nitrogens with one attached hydrogen (secondary N) is 1. The van der Waals surface area contributed by atoms with Crippen LogP contribution >= 0.6 is 0 Å². The number of nitrogens with zero attached hydrogens (tertiary/aromatic N) is 6. The molecule has 2 aliphatic heterocycles. The van der Waals surface area contributed by atoms with Crippen LogP contribution in [0.1, 0.15) is 36.9 Å². The first-order valence-electron chi connectivity index (χ1n) is 11.2. The minimum absolute atomic E-state index is 0.102. The van der Waals surface area contributed by atoms with Gasteiger partial charge in [0, 0.05) is 44.3 Å². The van der Waals surface area contributed by atoms with E-state index in [2.05, 4.69) is 36.5 Å². The molecule has 0 bridgehead atoms. The molecule has 0 radical (unpaired) electrons. The highest BCUT2D eigenvalue weighted by Crippen LogP contribution is 2.24. The van der Waals surface area contributed by atoms with Crippen LogP contribution in [-0.2, 0) is 17.9 Å². The fraction of sp³-hybridized carbons (Fsp3) is 0.636. The van der Waals surface area contributed by atoms with Crippen LogP contribution in [0.5, 0.6) is 0 Å². The topological polar surface area (TPSA) is 79.2 Å². The minimum atomic E-state index is 0.102. The quantitative estimate of drug-likeness (QED) is 0.743. The number of rotatable bonds is 7. The fourth-order valence-electron chi connectivity index (χ4n) is 4.69. The fourth-order valence-corrected chi connectivity index (χ4v) is 4.69. The zero-order chi connectivity index (χ0) is 20.8. The third kappa shape index (κ3) is 5.64. The Hall–Kier alpha value is -2.32.